The Balaban J connectivity index is 1.72. The zero-order valence-electron chi connectivity index (χ0n) is 16.2. The quantitative estimate of drug-likeness (QED) is 0.423. The molecule has 0 nitrogen and oxygen atoms in total. The summed E-state index contributed by atoms with van der Waals surface area (Å²) in [4.78, 5) is 0. The van der Waals surface area contributed by atoms with E-state index in [0.717, 1.165) is 12.8 Å². The van der Waals surface area contributed by atoms with Gasteiger partial charge < -0.3 is 0 Å². The molecule has 0 saturated heterocycles. The van der Waals surface area contributed by atoms with Crippen LogP contribution in [-0.2, 0) is 25.7 Å². The number of rotatable bonds is 8. The van der Waals surface area contributed by atoms with E-state index in [9.17, 15) is 0 Å². The van der Waals surface area contributed by atoms with Gasteiger partial charge >= 0.3 is 0 Å². The molecule has 0 aliphatic carbocycles. The molecule has 3 aromatic rings. The Morgan fingerprint density at radius 3 is 1.15 bits per heavy atom. The first-order valence-electron chi connectivity index (χ1n) is 10.0. The molecule has 134 valence electrons. The molecule has 0 fully saturated rings. The molecule has 0 unspecified atom stereocenters. The standard InChI is InChI=1S/C26H30/c1-3-9-23-11-5-7-13-25(23)19-21-15-17-22(18-16-21)20-26-14-8-6-12-24(26)10-4-2/h5-8,11-18H,3-4,9-10,19-20H2,1-2H3. The Labute approximate surface area is 158 Å². The topological polar surface area (TPSA) is 0 Å². The molecule has 0 saturated carbocycles. The van der Waals surface area contributed by atoms with E-state index in [1.165, 1.54) is 59.1 Å². The van der Waals surface area contributed by atoms with Crippen LogP contribution in [0.2, 0.25) is 0 Å². The molecule has 0 amide bonds. The minimum Gasteiger partial charge on any atom is -0.0651 e. The average Bonchev–Trinajstić information content (AvgIpc) is 2.67. The third kappa shape index (κ3) is 4.85. The van der Waals surface area contributed by atoms with Gasteiger partial charge in [-0.15, -0.1) is 0 Å². The van der Waals surface area contributed by atoms with Crippen molar-refractivity contribution in [3.8, 4) is 0 Å². The lowest BCUT2D eigenvalue weighted by molar-refractivity contribution is 0.902. The molecule has 0 bridgehead atoms. The van der Waals surface area contributed by atoms with Crippen LogP contribution in [0.4, 0.5) is 0 Å². The Bertz CT molecular complexity index is 741. The predicted molar refractivity (Wildman–Crippen MR) is 113 cm³/mol. The average molecular weight is 343 g/mol. The molecule has 3 rings (SSSR count). The minimum atomic E-state index is 1.03. The van der Waals surface area contributed by atoms with Gasteiger partial charge in [-0.25, -0.2) is 0 Å². The lowest BCUT2D eigenvalue weighted by Gasteiger charge is -2.11. The van der Waals surface area contributed by atoms with Crippen molar-refractivity contribution in [3.63, 3.8) is 0 Å². The fraction of sp³-hybridized carbons (Fsp3) is 0.308. The summed E-state index contributed by atoms with van der Waals surface area (Å²) in [5, 5.41) is 0. The Kier molecular flexibility index (Phi) is 6.66. The van der Waals surface area contributed by atoms with Gasteiger partial charge in [-0.05, 0) is 59.1 Å². The van der Waals surface area contributed by atoms with Crippen molar-refractivity contribution in [1.82, 2.24) is 0 Å². The van der Waals surface area contributed by atoms with E-state index >= 15 is 0 Å². The fourth-order valence-electron chi connectivity index (χ4n) is 3.70. The Morgan fingerprint density at radius 1 is 0.462 bits per heavy atom. The number of hydrogen-bond acceptors (Lipinski definition) is 0. The smallest absolute Gasteiger partial charge is 0.00230 e. The summed E-state index contributed by atoms with van der Waals surface area (Å²) in [5.41, 5.74) is 8.73. The maximum Gasteiger partial charge on any atom is -0.00230 e. The van der Waals surface area contributed by atoms with Gasteiger partial charge in [0.25, 0.3) is 0 Å². The van der Waals surface area contributed by atoms with Gasteiger partial charge in [-0.2, -0.15) is 0 Å². The molecule has 0 N–H and O–H groups in total. The third-order valence-electron chi connectivity index (χ3n) is 5.09. The predicted octanol–water partition coefficient (Wildman–Crippen LogP) is 6.77. The number of aryl methyl sites for hydroxylation is 2. The first kappa shape index (κ1) is 18.5. The largest absolute Gasteiger partial charge is 0.0651 e. The van der Waals surface area contributed by atoms with E-state index in [2.05, 4.69) is 86.6 Å². The molecular weight excluding hydrogens is 312 g/mol. The second kappa shape index (κ2) is 9.38. The Morgan fingerprint density at radius 2 is 0.808 bits per heavy atom. The molecule has 0 radical (unpaired) electrons. The lowest BCUT2D eigenvalue weighted by Crippen LogP contribution is -1.97. The van der Waals surface area contributed by atoms with E-state index in [1.807, 2.05) is 0 Å². The van der Waals surface area contributed by atoms with Crippen LogP contribution < -0.4 is 0 Å². The summed E-state index contributed by atoms with van der Waals surface area (Å²) < 4.78 is 0. The minimum absolute atomic E-state index is 1.03. The van der Waals surface area contributed by atoms with Crippen LogP contribution in [0.1, 0.15) is 60.1 Å². The van der Waals surface area contributed by atoms with Crippen molar-refractivity contribution in [2.75, 3.05) is 0 Å². The summed E-state index contributed by atoms with van der Waals surface area (Å²) in [7, 11) is 0. The normalized spacial score (nSPS) is 10.8. The highest BCUT2D eigenvalue weighted by Gasteiger charge is 2.05. The highest BCUT2D eigenvalue weighted by Crippen LogP contribution is 2.19. The first-order valence-corrected chi connectivity index (χ1v) is 10.0. The second-order valence-electron chi connectivity index (χ2n) is 7.21. The highest BCUT2D eigenvalue weighted by molar-refractivity contribution is 5.37. The molecule has 3 aromatic carbocycles. The zero-order chi connectivity index (χ0) is 18.2. The summed E-state index contributed by atoms with van der Waals surface area (Å²) in [6.07, 6.45) is 6.80. The summed E-state index contributed by atoms with van der Waals surface area (Å²) in [6.45, 7) is 4.50. The van der Waals surface area contributed by atoms with Crippen molar-refractivity contribution in [1.29, 1.82) is 0 Å². The second-order valence-corrected chi connectivity index (χ2v) is 7.21. The molecule has 0 aliphatic heterocycles. The van der Waals surface area contributed by atoms with Gasteiger partial charge in [0.1, 0.15) is 0 Å². The lowest BCUT2D eigenvalue weighted by atomic mass is 9.94. The molecule has 0 aliphatic rings. The maximum atomic E-state index is 2.31. The van der Waals surface area contributed by atoms with Crippen LogP contribution in [0.5, 0.6) is 0 Å². The molecule has 26 heavy (non-hydrogen) atoms. The van der Waals surface area contributed by atoms with Crippen molar-refractivity contribution >= 4 is 0 Å². The van der Waals surface area contributed by atoms with E-state index < -0.39 is 0 Å². The monoisotopic (exact) mass is 342 g/mol. The molecule has 0 heterocycles. The molecule has 0 spiro atoms. The summed E-state index contributed by atoms with van der Waals surface area (Å²) >= 11 is 0. The van der Waals surface area contributed by atoms with Gasteiger partial charge in [-0.1, -0.05) is 99.5 Å². The molecule has 0 aromatic heterocycles. The third-order valence-corrected chi connectivity index (χ3v) is 5.09. The molecule has 0 heteroatoms. The van der Waals surface area contributed by atoms with E-state index in [-0.39, 0.29) is 0 Å². The van der Waals surface area contributed by atoms with E-state index in [1.54, 1.807) is 0 Å². The van der Waals surface area contributed by atoms with Crippen LogP contribution in [0, 0.1) is 0 Å². The van der Waals surface area contributed by atoms with Gasteiger partial charge in [0.2, 0.25) is 0 Å². The first-order chi connectivity index (χ1) is 12.8. The number of benzene rings is 3. The van der Waals surface area contributed by atoms with Crippen molar-refractivity contribution in [2.45, 2.75) is 52.4 Å². The van der Waals surface area contributed by atoms with Crippen LogP contribution >= 0.6 is 0 Å². The van der Waals surface area contributed by atoms with E-state index in [0.29, 0.717) is 0 Å². The molecular formula is C26H30. The SMILES string of the molecule is CCCc1ccccc1Cc1ccc(Cc2ccccc2CCC)cc1. The van der Waals surface area contributed by atoms with Gasteiger partial charge in [-0.3, -0.25) is 0 Å². The van der Waals surface area contributed by atoms with Gasteiger partial charge in [0, 0.05) is 0 Å². The van der Waals surface area contributed by atoms with Crippen LogP contribution in [0.3, 0.4) is 0 Å². The van der Waals surface area contributed by atoms with Crippen molar-refractivity contribution in [2.24, 2.45) is 0 Å². The zero-order valence-corrected chi connectivity index (χ0v) is 16.2. The van der Waals surface area contributed by atoms with Crippen LogP contribution in [0.15, 0.2) is 72.8 Å². The Hall–Kier alpha value is -2.34. The van der Waals surface area contributed by atoms with Crippen LogP contribution in [-0.4, -0.2) is 0 Å². The fourth-order valence-corrected chi connectivity index (χ4v) is 3.70. The van der Waals surface area contributed by atoms with Gasteiger partial charge in [0.15, 0.2) is 0 Å². The number of hydrogen-bond donors (Lipinski definition) is 0. The van der Waals surface area contributed by atoms with Crippen molar-refractivity contribution in [3.05, 3.63) is 106 Å². The van der Waals surface area contributed by atoms with Gasteiger partial charge in [0.05, 0.1) is 0 Å². The molecule has 0 atom stereocenters. The maximum absolute atomic E-state index is 2.31. The highest BCUT2D eigenvalue weighted by atomic mass is 14.1. The van der Waals surface area contributed by atoms with E-state index in [4.69, 9.17) is 0 Å². The van der Waals surface area contributed by atoms with Crippen LogP contribution in [0.25, 0.3) is 0 Å². The summed E-state index contributed by atoms with van der Waals surface area (Å²) in [6, 6.07) is 27.0. The summed E-state index contributed by atoms with van der Waals surface area (Å²) in [5.74, 6) is 0. The van der Waals surface area contributed by atoms with Crippen molar-refractivity contribution < 1.29 is 0 Å².